The Morgan fingerprint density at radius 2 is 1.86 bits per heavy atom. The Labute approximate surface area is 207 Å². The topological polar surface area (TPSA) is 89.5 Å². The molecule has 35 heavy (non-hydrogen) atoms. The van der Waals surface area contributed by atoms with E-state index in [1.165, 1.54) is 37.7 Å². The summed E-state index contributed by atoms with van der Waals surface area (Å²) in [6.07, 6.45) is 0. The molecule has 3 aromatic rings. The molecule has 0 spiro atoms. The summed E-state index contributed by atoms with van der Waals surface area (Å²) in [5, 5.41) is 8.99. The summed E-state index contributed by atoms with van der Waals surface area (Å²) in [4.78, 5) is 30.7. The van der Waals surface area contributed by atoms with E-state index in [1.54, 1.807) is 19.1 Å². The van der Waals surface area contributed by atoms with Crippen molar-refractivity contribution in [2.75, 3.05) is 19.5 Å². The van der Waals surface area contributed by atoms with Gasteiger partial charge in [-0.1, -0.05) is 42.5 Å². The number of benzene rings is 2. The zero-order valence-corrected chi connectivity index (χ0v) is 20.6. The quantitative estimate of drug-likeness (QED) is 0.479. The highest BCUT2D eigenvalue weighted by molar-refractivity contribution is 7.14. The standard InChI is InChI=1S/C26H26FN3O4S/c1-15-20(23(31)33-3)21(16-9-6-5-7-10-16)22(24(32)34-4)26(2,29-15)30-25-28-19(14-35-25)17-11-8-12-18(27)13-17/h5-14,21-22,29H,1-4H3,(H,28,30). The fraction of sp³-hybridized carbons (Fsp3) is 0.269. The van der Waals surface area contributed by atoms with Crippen LogP contribution in [0.4, 0.5) is 9.52 Å². The van der Waals surface area contributed by atoms with Gasteiger partial charge in [0.1, 0.15) is 17.4 Å². The third kappa shape index (κ3) is 4.77. The van der Waals surface area contributed by atoms with Gasteiger partial charge in [-0.05, 0) is 31.5 Å². The van der Waals surface area contributed by atoms with Crippen LogP contribution in [0, 0.1) is 11.7 Å². The minimum Gasteiger partial charge on any atom is -0.469 e. The molecule has 7 nitrogen and oxygen atoms in total. The van der Waals surface area contributed by atoms with E-state index in [1.807, 2.05) is 42.6 Å². The number of thiazole rings is 1. The molecule has 1 aliphatic rings. The van der Waals surface area contributed by atoms with Crippen molar-refractivity contribution >= 4 is 28.4 Å². The Hall–Kier alpha value is -3.72. The summed E-state index contributed by atoms with van der Waals surface area (Å²) in [5.74, 6) is -2.87. The molecular weight excluding hydrogens is 469 g/mol. The molecule has 9 heteroatoms. The average Bonchev–Trinajstić information content (AvgIpc) is 3.31. The van der Waals surface area contributed by atoms with Crippen molar-refractivity contribution in [2.45, 2.75) is 25.4 Å². The van der Waals surface area contributed by atoms with Crippen LogP contribution in [0.2, 0.25) is 0 Å². The van der Waals surface area contributed by atoms with Gasteiger partial charge in [-0.25, -0.2) is 14.2 Å². The van der Waals surface area contributed by atoms with E-state index < -0.39 is 29.4 Å². The molecule has 0 amide bonds. The Kier molecular flexibility index (Phi) is 6.88. The molecule has 2 heterocycles. The maximum Gasteiger partial charge on any atom is 0.336 e. The van der Waals surface area contributed by atoms with E-state index in [4.69, 9.17) is 9.47 Å². The number of allylic oxidation sites excluding steroid dienone is 1. The number of hydrogen-bond acceptors (Lipinski definition) is 8. The lowest BCUT2D eigenvalue weighted by atomic mass is 9.71. The lowest BCUT2D eigenvalue weighted by Crippen LogP contribution is -2.62. The van der Waals surface area contributed by atoms with Crippen molar-refractivity contribution < 1.29 is 23.5 Å². The third-order valence-corrected chi connectivity index (χ3v) is 6.89. The van der Waals surface area contributed by atoms with Crippen molar-refractivity contribution in [3.63, 3.8) is 0 Å². The fourth-order valence-corrected chi connectivity index (χ4v) is 5.45. The number of nitrogens with one attached hydrogen (secondary N) is 2. The van der Waals surface area contributed by atoms with Gasteiger partial charge in [-0.2, -0.15) is 0 Å². The molecule has 0 fully saturated rings. The highest BCUT2D eigenvalue weighted by atomic mass is 32.1. The number of aromatic nitrogens is 1. The maximum atomic E-state index is 13.7. The fourth-order valence-electron chi connectivity index (χ4n) is 4.62. The number of nitrogens with zero attached hydrogens (tertiary/aromatic N) is 1. The Morgan fingerprint density at radius 1 is 1.11 bits per heavy atom. The molecular formula is C26H26FN3O4S. The number of carbonyl (C=O) groups is 2. The molecule has 182 valence electrons. The lowest BCUT2D eigenvalue weighted by molar-refractivity contribution is -0.149. The van der Waals surface area contributed by atoms with E-state index in [9.17, 15) is 14.0 Å². The third-order valence-electron chi connectivity index (χ3n) is 6.13. The zero-order valence-electron chi connectivity index (χ0n) is 19.8. The van der Waals surface area contributed by atoms with Gasteiger partial charge in [0.15, 0.2) is 5.13 Å². The average molecular weight is 496 g/mol. The van der Waals surface area contributed by atoms with Crippen LogP contribution in [-0.2, 0) is 19.1 Å². The van der Waals surface area contributed by atoms with Gasteiger partial charge < -0.3 is 20.1 Å². The molecule has 0 saturated carbocycles. The van der Waals surface area contributed by atoms with Crippen molar-refractivity contribution in [1.82, 2.24) is 10.3 Å². The molecule has 1 aromatic heterocycles. The van der Waals surface area contributed by atoms with Crippen molar-refractivity contribution in [1.29, 1.82) is 0 Å². The minimum absolute atomic E-state index is 0.349. The molecule has 0 radical (unpaired) electrons. The number of esters is 2. The normalized spacial score (nSPS) is 21.7. The number of anilines is 1. The molecule has 0 saturated heterocycles. The monoisotopic (exact) mass is 495 g/mol. The number of hydrogen-bond donors (Lipinski definition) is 2. The largest absolute Gasteiger partial charge is 0.469 e. The number of ether oxygens (including phenoxy) is 2. The molecule has 4 rings (SSSR count). The molecule has 3 unspecified atom stereocenters. The van der Waals surface area contributed by atoms with Crippen LogP contribution in [-0.4, -0.2) is 36.8 Å². The van der Waals surface area contributed by atoms with Crippen molar-refractivity contribution in [2.24, 2.45) is 5.92 Å². The zero-order chi connectivity index (χ0) is 25.2. The van der Waals surface area contributed by atoms with E-state index in [0.717, 1.165) is 5.56 Å². The van der Waals surface area contributed by atoms with Crippen LogP contribution in [0.15, 0.2) is 71.2 Å². The van der Waals surface area contributed by atoms with Crippen molar-refractivity contribution in [3.8, 4) is 11.3 Å². The van der Waals surface area contributed by atoms with Crippen LogP contribution in [0.5, 0.6) is 0 Å². The van der Waals surface area contributed by atoms with E-state index in [2.05, 4.69) is 15.6 Å². The highest BCUT2D eigenvalue weighted by Gasteiger charge is 2.52. The van der Waals surface area contributed by atoms with Crippen LogP contribution >= 0.6 is 11.3 Å². The summed E-state index contributed by atoms with van der Waals surface area (Å²) < 4.78 is 24.0. The first-order valence-corrected chi connectivity index (χ1v) is 11.8. The molecule has 2 N–H and O–H groups in total. The first kappa shape index (κ1) is 24.4. The van der Waals surface area contributed by atoms with E-state index >= 15 is 0 Å². The second-order valence-electron chi connectivity index (χ2n) is 8.42. The summed E-state index contributed by atoms with van der Waals surface area (Å²) in [7, 11) is 2.63. The Balaban J connectivity index is 1.79. The molecule has 3 atom stereocenters. The van der Waals surface area contributed by atoms with Crippen molar-refractivity contribution in [3.05, 3.63) is 82.6 Å². The second kappa shape index (κ2) is 9.87. The Morgan fingerprint density at radius 3 is 2.51 bits per heavy atom. The Bertz CT molecular complexity index is 1280. The number of carbonyl (C=O) groups excluding carboxylic acids is 2. The summed E-state index contributed by atoms with van der Waals surface area (Å²) >= 11 is 1.33. The van der Waals surface area contributed by atoms with Crippen LogP contribution in [0.3, 0.4) is 0 Å². The van der Waals surface area contributed by atoms with Gasteiger partial charge in [-0.3, -0.25) is 4.79 Å². The van der Waals surface area contributed by atoms with Gasteiger partial charge in [0, 0.05) is 22.6 Å². The smallest absolute Gasteiger partial charge is 0.336 e. The second-order valence-corrected chi connectivity index (χ2v) is 9.28. The van der Waals surface area contributed by atoms with Gasteiger partial charge >= 0.3 is 11.9 Å². The van der Waals surface area contributed by atoms with Gasteiger partial charge in [-0.15, -0.1) is 11.3 Å². The number of methoxy groups -OCH3 is 2. The first-order valence-electron chi connectivity index (χ1n) is 11.0. The molecule has 2 aromatic carbocycles. The summed E-state index contributed by atoms with van der Waals surface area (Å²) in [6, 6.07) is 15.5. The predicted octanol–water partition coefficient (Wildman–Crippen LogP) is 4.70. The van der Waals surface area contributed by atoms with Crippen LogP contribution < -0.4 is 10.6 Å². The van der Waals surface area contributed by atoms with E-state index in [-0.39, 0.29) is 5.82 Å². The summed E-state index contributed by atoms with van der Waals surface area (Å²) in [6.45, 7) is 3.60. The van der Waals surface area contributed by atoms with Crippen LogP contribution in [0.25, 0.3) is 11.3 Å². The molecule has 0 aliphatic carbocycles. The SMILES string of the molecule is COC(=O)C1=C(C)NC(C)(Nc2nc(-c3cccc(F)c3)cs2)C(C(=O)OC)C1c1ccccc1. The predicted molar refractivity (Wildman–Crippen MR) is 132 cm³/mol. The molecule has 0 bridgehead atoms. The van der Waals surface area contributed by atoms with Gasteiger partial charge in [0.05, 0.1) is 25.5 Å². The minimum atomic E-state index is -1.08. The van der Waals surface area contributed by atoms with Gasteiger partial charge in [0.2, 0.25) is 0 Å². The van der Waals surface area contributed by atoms with Gasteiger partial charge in [0.25, 0.3) is 0 Å². The molecule has 1 aliphatic heterocycles. The van der Waals surface area contributed by atoms with Crippen LogP contribution in [0.1, 0.15) is 25.3 Å². The number of halogens is 1. The highest BCUT2D eigenvalue weighted by Crippen LogP contribution is 2.45. The lowest BCUT2D eigenvalue weighted by Gasteiger charge is -2.46. The maximum absolute atomic E-state index is 13.7. The number of rotatable bonds is 6. The first-order chi connectivity index (χ1) is 16.8. The summed E-state index contributed by atoms with van der Waals surface area (Å²) in [5.41, 5.74) is 1.87. The van der Waals surface area contributed by atoms with E-state index in [0.29, 0.717) is 27.7 Å².